The predicted octanol–water partition coefficient (Wildman–Crippen LogP) is 5.50. The van der Waals surface area contributed by atoms with E-state index in [-0.39, 0.29) is 5.91 Å². The molecule has 5 rings (SSSR count). The third-order valence-corrected chi connectivity index (χ3v) is 7.46. The van der Waals surface area contributed by atoms with Crippen LogP contribution in [0.3, 0.4) is 0 Å². The molecule has 1 fully saturated rings. The minimum Gasteiger partial charge on any atom is -0.431 e. The summed E-state index contributed by atoms with van der Waals surface area (Å²) >= 11 is 9.10. The van der Waals surface area contributed by atoms with Gasteiger partial charge < -0.3 is 14.2 Å². The van der Waals surface area contributed by atoms with Gasteiger partial charge in [-0.05, 0) is 42.8 Å². The Kier molecular flexibility index (Phi) is 6.08. The van der Waals surface area contributed by atoms with E-state index in [4.69, 9.17) is 16.0 Å². The van der Waals surface area contributed by atoms with Crippen LogP contribution >= 0.6 is 34.7 Å². The fourth-order valence-corrected chi connectivity index (χ4v) is 5.49. The van der Waals surface area contributed by atoms with Crippen LogP contribution in [-0.2, 0) is 5.75 Å². The first kappa shape index (κ1) is 21.3. The van der Waals surface area contributed by atoms with Crippen molar-refractivity contribution >= 4 is 57.4 Å². The van der Waals surface area contributed by atoms with Crippen LogP contribution < -0.4 is 4.90 Å². The Bertz CT molecular complexity index is 1260. The molecule has 0 unspecified atom stereocenters. The molecule has 9 heteroatoms. The summed E-state index contributed by atoms with van der Waals surface area (Å²) < 4.78 is 5.79. The maximum atomic E-state index is 12.9. The SMILES string of the molecule is Cc1ccc2oc(SCc3nc(C(=O)N4CCN(c5cccc(Cl)c5)CC4)cs3)nc2c1. The molecule has 1 aliphatic heterocycles. The summed E-state index contributed by atoms with van der Waals surface area (Å²) in [6.45, 7) is 4.91. The third-order valence-electron chi connectivity index (χ3n) is 5.35. The summed E-state index contributed by atoms with van der Waals surface area (Å²) in [4.78, 5) is 26.1. The second-order valence-electron chi connectivity index (χ2n) is 7.63. The molecule has 0 saturated carbocycles. The summed E-state index contributed by atoms with van der Waals surface area (Å²) in [5.41, 5.74) is 4.39. The lowest BCUT2D eigenvalue weighted by atomic mass is 10.2. The van der Waals surface area contributed by atoms with Gasteiger partial charge in [0.1, 0.15) is 16.2 Å². The molecule has 2 aromatic carbocycles. The second-order valence-corrected chi connectivity index (χ2v) is 9.93. The van der Waals surface area contributed by atoms with E-state index in [1.54, 1.807) is 0 Å². The lowest BCUT2D eigenvalue weighted by Crippen LogP contribution is -2.48. The van der Waals surface area contributed by atoms with E-state index in [1.807, 2.05) is 59.7 Å². The van der Waals surface area contributed by atoms with E-state index in [9.17, 15) is 4.79 Å². The summed E-state index contributed by atoms with van der Waals surface area (Å²) in [6.07, 6.45) is 0. The Morgan fingerprint density at radius 2 is 2.00 bits per heavy atom. The molecule has 3 heterocycles. The minimum absolute atomic E-state index is 0.0134. The molecule has 1 saturated heterocycles. The zero-order chi connectivity index (χ0) is 22.1. The van der Waals surface area contributed by atoms with Crippen molar-refractivity contribution in [1.29, 1.82) is 0 Å². The van der Waals surface area contributed by atoms with Crippen LogP contribution in [0.1, 0.15) is 21.1 Å². The number of oxazole rings is 1. The smallest absolute Gasteiger partial charge is 0.273 e. The molecule has 0 bridgehead atoms. The number of anilines is 1. The molecule has 4 aromatic rings. The number of hydrogen-bond donors (Lipinski definition) is 0. The molecular weight excluding hydrogens is 464 g/mol. The molecule has 0 N–H and O–H groups in total. The molecule has 0 atom stereocenters. The molecule has 0 spiro atoms. The summed E-state index contributed by atoms with van der Waals surface area (Å²) in [6, 6.07) is 13.8. The molecule has 32 heavy (non-hydrogen) atoms. The predicted molar refractivity (Wildman–Crippen MR) is 130 cm³/mol. The highest BCUT2D eigenvalue weighted by molar-refractivity contribution is 7.98. The van der Waals surface area contributed by atoms with Crippen molar-refractivity contribution in [2.45, 2.75) is 17.9 Å². The second kappa shape index (κ2) is 9.13. The van der Waals surface area contributed by atoms with Gasteiger partial charge in [-0.15, -0.1) is 11.3 Å². The highest BCUT2D eigenvalue weighted by Gasteiger charge is 2.24. The van der Waals surface area contributed by atoms with Gasteiger partial charge in [0, 0.05) is 42.3 Å². The lowest BCUT2D eigenvalue weighted by molar-refractivity contribution is 0.0741. The average molecular weight is 485 g/mol. The maximum absolute atomic E-state index is 12.9. The number of carbonyl (C=O) groups excluding carboxylic acids is 1. The number of hydrogen-bond acceptors (Lipinski definition) is 7. The highest BCUT2D eigenvalue weighted by Crippen LogP contribution is 2.28. The van der Waals surface area contributed by atoms with Gasteiger partial charge in [0.25, 0.3) is 11.1 Å². The number of aryl methyl sites for hydroxylation is 1. The number of halogens is 1. The van der Waals surface area contributed by atoms with Crippen LogP contribution in [0.2, 0.25) is 5.02 Å². The van der Waals surface area contributed by atoms with Gasteiger partial charge in [-0.1, -0.05) is 35.5 Å². The van der Waals surface area contributed by atoms with Crippen molar-refractivity contribution in [3.05, 3.63) is 69.1 Å². The first-order valence-corrected chi connectivity index (χ1v) is 12.5. The van der Waals surface area contributed by atoms with Crippen molar-refractivity contribution in [3.63, 3.8) is 0 Å². The van der Waals surface area contributed by atoms with Crippen molar-refractivity contribution in [1.82, 2.24) is 14.9 Å². The van der Waals surface area contributed by atoms with Crippen molar-refractivity contribution in [3.8, 4) is 0 Å². The molecule has 6 nitrogen and oxygen atoms in total. The molecule has 1 amide bonds. The molecule has 0 radical (unpaired) electrons. The Morgan fingerprint density at radius 1 is 1.16 bits per heavy atom. The maximum Gasteiger partial charge on any atom is 0.273 e. The first-order valence-electron chi connectivity index (χ1n) is 10.3. The Labute approximate surface area is 199 Å². The summed E-state index contributed by atoms with van der Waals surface area (Å²) in [5.74, 6) is 0.604. The number of piperazine rings is 1. The monoisotopic (exact) mass is 484 g/mol. The molecule has 2 aromatic heterocycles. The number of thiazole rings is 1. The number of nitrogens with zero attached hydrogens (tertiary/aromatic N) is 4. The molecule has 0 aliphatic carbocycles. The van der Waals surface area contributed by atoms with Crippen molar-refractivity contribution in [2.24, 2.45) is 0 Å². The number of thioether (sulfide) groups is 1. The van der Waals surface area contributed by atoms with Gasteiger partial charge >= 0.3 is 0 Å². The van der Waals surface area contributed by atoms with Crippen LogP contribution in [0.15, 0.2) is 57.5 Å². The fourth-order valence-electron chi connectivity index (χ4n) is 3.68. The van der Waals surface area contributed by atoms with E-state index in [0.717, 1.165) is 45.5 Å². The quantitative estimate of drug-likeness (QED) is 0.348. The number of benzene rings is 2. The third kappa shape index (κ3) is 4.62. The summed E-state index contributed by atoms with van der Waals surface area (Å²) in [5, 5.41) is 4.07. The van der Waals surface area contributed by atoms with E-state index in [2.05, 4.69) is 14.9 Å². The summed E-state index contributed by atoms with van der Waals surface area (Å²) in [7, 11) is 0. The van der Waals surface area contributed by atoms with Gasteiger partial charge in [-0.25, -0.2) is 9.97 Å². The van der Waals surface area contributed by atoms with Crippen LogP contribution in [-0.4, -0.2) is 47.0 Å². The first-order chi connectivity index (χ1) is 15.5. The zero-order valence-electron chi connectivity index (χ0n) is 17.5. The van der Waals surface area contributed by atoms with Crippen molar-refractivity contribution in [2.75, 3.05) is 31.1 Å². The highest BCUT2D eigenvalue weighted by atomic mass is 35.5. The number of carbonyl (C=O) groups is 1. The van der Waals surface area contributed by atoms with Gasteiger partial charge in [-0.2, -0.15) is 0 Å². The van der Waals surface area contributed by atoms with E-state index >= 15 is 0 Å². The Morgan fingerprint density at radius 3 is 2.81 bits per heavy atom. The number of fused-ring (bicyclic) bond motifs is 1. The average Bonchev–Trinajstić information content (AvgIpc) is 3.44. The van der Waals surface area contributed by atoms with E-state index < -0.39 is 0 Å². The van der Waals surface area contributed by atoms with Gasteiger partial charge in [0.05, 0.1) is 5.75 Å². The topological polar surface area (TPSA) is 62.5 Å². The number of rotatable bonds is 5. The van der Waals surface area contributed by atoms with Gasteiger partial charge in [-0.3, -0.25) is 4.79 Å². The molecule has 1 aliphatic rings. The zero-order valence-corrected chi connectivity index (χ0v) is 19.8. The van der Waals surface area contributed by atoms with Crippen LogP contribution in [0.25, 0.3) is 11.1 Å². The minimum atomic E-state index is -0.0134. The van der Waals surface area contributed by atoms with Crippen LogP contribution in [0.4, 0.5) is 5.69 Å². The Hall–Kier alpha value is -2.55. The standard InChI is InChI=1S/C23H21ClN4O2S2/c1-15-5-6-20-18(11-15)26-23(30-20)32-14-21-25-19(13-31-21)22(29)28-9-7-27(8-10-28)17-4-2-3-16(24)12-17/h2-6,11-13H,7-10,14H2,1H3. The van der Waals surface area contributed by atoms with E-state index in [0.29, 0.717) is 29.8 Å². The molecule has 164 valence electrons. The van der Waals surface area contributed by atoms with Crippen molar-refractivity contribution < 1.29 is 9.21 Å². The van der Waals surface area contributed by atoms with E-state index in [1.165, 1.54) is 23.1 Å². The van der Waals surface area contributed by atoms with Gasteiger partial charge in [0.2, 0.25) is 0 Å². The largest absolute Gasteiger partial charge is 0.431 e. The normalized spacial score (nSPS) is 14.3. The fraction of sp³-hybridized carbons (Fsp3) is 0.261. The van der Waals surface area contributed by atoms with Crippen LogP contribution in [0, 0.1) is 6.92 Å². The number of aromatic nitrogens is 2. The van der Waals surface area contributed by atoms with Crippen LogP contribution in [0.5, 0.6) is 0 Å². The van der Waals surface area contributed by atoms with Gasteiger partial charge in [0.15, 0.2) is 5.58 Å². The molecular formula is C23H21ClN4O2S2. The number of amides is 1. The lowest BCUT2D eigenvalue weighted by Gasteiger charge is -2.35. The Balaban J connectivity index is 1.17.